The van der Waals surface area contributed by atoms with Gasteiger partial charge < -0.3 is 4.74 Å². The van der Waals surface area contributed by atoms with Crippen LogP contribution in [-0.2, 0) is 14.3 Å². The number of ether oxygens (including phenoxy) is 1. The van der Waals surface area contributed by atoms with E-state index in [-0.39, 0.29) is 12.0 Å². The minimum Gasteiger partial charge on any atom is -0.373 e. The Balaban J connectivity index is 1.90. The van der Waals surface area contributed by atoms with Crippen molar-refractivity contribution in [2.45, 2.75) is 83.7 Å². The number of epoxide rings is 1. The van der Waals surface area contributed by atoms with Crippen molar-refractivity contribution in [3.8, 4) is 0 Å². The van der Waals surface area contributed by atoms with Gasteiger partial charge in [-0.3, -0.25) is 9.59 Å². The fraction of sp³-hybridized carbons (Fsp3) is 0.800. The van der Waals surface area contributed by atoms with Crippen molar-refractivity contribution < 1.29 is 14.3 Å². The average molecular weight is 320 g/mol. The summed E-state index contributed by atoms with van der Waals surface area (Å²) in [6.45, 7) is 2.95. The van der Waals surface area contributed by atoms with E-state index in [1.165, 1.54) is 12.8 Å². The highest BCUT2D eigenvalue weighted by Gasteiger charge is 2.37. The van der Waals surface area contributed by atoms with Crippen molar-refractivity contribution >= 4 is 11.6 Å². The zero-order chi connectivity index (χ0) is 16.5. The van der Waals surface area contributed by atoms with E-state index in [2.05, 4.69) is 19.1 Å². The standard InChI is InChI=1S/C20H32O3/c1-16(20-15-23-20)18-13-9-7-5-3-2-4-6-8-11-17(21)12-10-14-19(18)22/h5,7,16,18,20H,2-4,6,8-15H2,1H3/b7-5+. The lowest BCUT2D eigenvalue weighted by Gasteiger charge is -2.21. The number of carbonyl (C=O) groups excluding carboxylic acids is 2. The number of allylic oxidation sites excluding steroid dienone is 2. The number of hydrogen-bond acceptors (Lipinski definition) is 3. The lowest BCUT2D eigenvalue weighted by atomic mass is 9.82. The van der Waals surface area contributed by atoms with Crippen molar-refractivity contribution in [3.05, 3.63) is 12.2 Å². The van der Waals surface area contributed by atoms with Gasteiger partial charge in [0.15, 0.2) is 0 Å². The topological polar surface area (TPSA) is 46.7 Å². The van der Waals surface area contributed by atoms with Crippen LogP contribution < -0.4 is 0 Å². The molecule has 0 spiro atoms. The zero-order valence-electron chi connectivity index (χ0n) is 14.6. The van der Waals surface area contributed by atoms with Gasteiger partial charge in [0.25, 0.3) is 0 Å². The molecule has 0 N–H and O–H groups in total. The number of hydrogen-bond donors (Lipinski definition) is 0. The minimum atomic E-state index is 0.0927. The molecule has 1 saturated heterocycles. The normalized spacial score (nSPS) is 31.5. The molecule has 0 bridgehead atoms. The summed E-state index contributed by atoms with van der Waals surface area (Å²) in [7, 11) is 0. The Morgan fingerprint density at radius 2 is 1.65 bits per heavy atom. The van der Waals surface area contributed by atoms with Gasteiger partial charge in [-0.25, -0.2) is 0 Å². The molecule has 0 aromatic rings. The van der Waals surface area contributed by atoms with Gasteiger partial charge in [0.05, 0.1) is 12.7 Å². The monoisotopic (exact) mass is 320 g/mol. The van der Waals surface area contributed by atoms with Crippen LogP contribution in [0.3, 0.4) is 0 Å². The second-order valence-corrected chi connectivity index (χ2v) is 7.20. The first-order valence-corrected chi connectivity index (χ1v) is 9.49. The van der Waals surface area contributed by atoms with E-state index in [1.54, 1.807) is 0 Å². The smallest absolute Gasteiger partial charge is 0.136 e. The SMILES string of the molecule is CC(C1CO1)C1CC/C=C/CCCCCCC(=O)CCCC1=O. The van der Waals surface area contributed by atoms with Crippen LogP contribution in [0.4, 0.5) is 0 Å². The van der Waals surface area contributed by atoms with Gasteiger partial charge in [0, 0.05) is 25.2 Å². The maximum Gasteiger partial charge on any atom is 0.136 e. The molecule has 3 heteroatoms. The van der Waals surface area contributed by atoms with Gasteiger partial charge in [-0.1, -0.05) is 31.9 Å². The summed E-state index contributed by atoms with van der Waals surface area (Å²) in [6, 6.07) is 0. The second-order valence-electron chi connectivity index (χ2n) is 7.20. The summed E-state index contributed by atoms with van der Waals surface area (Å²) in [5, 5.41) is 0. The van der Waals surface area contributed by atoms with E-state index in [9.17, 15) is 9.59 Å². The molecule has 0 saturated carbocycles. The molecule has 0 amide bonds. The van der Waals surface area contributed by atoms with Gasteiger partial charge in [-0.15, -0.1) is 0 Å². The van der Waals surface area contributed by atoms with Gasteiger partial charge in [-0.05, 0) is 44.4 Å². The summed E-state index contributed by atoms with van der Waals surface area (Å²) in [5.74, 6) is 1.07. The molecule has 130 valence electrons. The Morgan fingerprint density at radius 1 is 0.957 bits per heavy atom. The molecule has 3 nitrogen and oxygen atoms in total. The van der Waals surface area contributed by atoms with E-state index in [1.807, 2.05) is 0 Å². The molecule has 1 aliphatic heterocycles. The Hall–Kier alpha value is -0.960. The predicted molar refractivity (Wildman–Crippen MR) is 92.3 cm³/mol. The number of rotatable bonds is 2. The maximum absolute atomic E-state index is 12.6. The molecule has 0 radical (unpaired) electrons. The zero-order valence-corrected chi connectivity index (χ0v) is 14.6. The van der Waals surface area contributed by atoms with E-state index < -0.39 is 0 Å². The summed E-state index contributed by atoms with van der Waals surface area (Å²) in [4.78, 5) is 24.5. The molecule has 3 atom stereocenters. The number of carbonyl (C=O) groups is 2. The van der Waals surface area contributed by atoms with E-state index >= 15 is 0 Å². The van der Waals surface area contributed by atoms with Gasteiger partial charge in [0.2, 0.25) is 0 Å². The Morgan fingerprint density at radius 3 is 2.43 bits per heavy atom. The summed E-state index contributed by atoms with van der Waals surface area (Å²) in [6.07, 6.45) is 14.9. The fourth-order valence-electron chi connectivity index (χ4n) is 3.55. The van der Waals surface area contributed by atoms with Crippen LogP contribution in [-0.4, -0.2) is 24.3 Å². The van der Waals surface area contributed by atoms with Crippen molar-refractivity contribution in [2.75, 3.05) is 6.61 Å². The minimum absolute atomic E-state index is 0.0927. The molecule has 0 aromatic carbocycles. The summed E-state index contributed by atoms with van der Waals surface area (Å²) >= 11 is 0. The highest BCUT2D eigenvalue weighted by Crippen LogP contribution is 2.31. The highest BCUT2D eigenvalue weighted by atomic mass is 16.6. The lowest BCUT2D eigenvalue weighted by molar-refractivity contribution is -0.125. The first kappa shape index (κ1) is 18.4. The molecule has 1 heterocycles. The van der Waals surface area contributed by atoms with Crippen LogP contribution in [0.2, 0.25) is 0 Å². The van der Waals surface area contributed by atoms with Crippen LogP contribution >= 0.6 is 0 Å². The largest absolute Gasteiger partial charge is 0.373 e. The van der Waals surface area contributed by atoms with Crippen LogP contribution in [0.15, 0.2) is 12.2 Å². The van der Waals surface area contributed by atoms with Gasteiger partial charge in [-0.2, -0.15) is 0 Å². The molecule has 1 fully saturated rings. The molecule has 2 aliphatic rings. The average Bonchev–Trinajstić information content (AvgIpc) is 3.36. The molecule has 0 aromatic heterocycles. The predicted octanol–water partition coefficient (Wildman–Crippen LogP) is 4.64. The molecular weight excluding hydrogens is 288 g/mol. The first-order chi connectivity index (χ1) is 11.2. The fourth-order valence-corrected chi connectivity index (χ4v) is 3.55. The Kier molecular flexibility index (Phi) is 8.01. The van der Waals surface area contributed by atoms with Crippen LogP contribution in [0.5, 0.6) is 0 Å². The van der Waals surface area contributed by atoms with Crippen molar-refractivity contribution in [2.24, 2.45) is 11.8 Å². The lowest BCUT2D eigenvalue weighted by Crippen LogP contribution is -2.25. The van der Waals surface area contributed by atoms with Crippen LogP contribution in [0.1, 0.15) is 77.6 Å². The summed E-state index contributed by atoms with van der Waals surface area (Å²) in [5.41, 5.74) is 0. The van der Waals surface area contributed by atoms with Crippen molar-refractivity contribution in [1.82, 2.24) is 0 Å². The molecule has 23 heavy (non-hydrogen) atoms. The molecule has 2 rings (SSSR count). The van der Waals surface area contributed by atoms with E-state index in [0.29, 0.717) is 36.7 Å². The highest BCUT2D eigenvalue weighted by molar-refractivity contribution is 5.83. The Bertz CT molecular complexity index is 409. The summed E-state index contributed by atoms with van der Waals surface area (Å²) < 4.78 is 5.40. The van der Waals surface area contributed by atoms with Crippen LogP contribution in [0.25, 0.3) is 0 Å². The third-order valence-electron chi connectivity index (χ3n) is 5.26. The molecule has 3 unspecified atom stereocenters. The van der Waals surface area contributed by atoms with E-state index in [0.717, 1.165) is 45.1 Å². The van der Waals surface area contributed by atoms with Crippen LogP contribution in [0, 0.1) is 11.8 Å². The second kappa shape index (κ2) is 10.0. The first-order valence-electron chi connectivity index (χ1n) is 9.49. The maximum atomic E-state index is 12.6. The van der Waals surface area contributed by atoms with Crippen molar-refractivity contribution in [3.63, 3.8) is 0 Å². The third kappa shape index (κ3) is 6.99. The Labute approximate surface area is 140 Å². The quantitative estimate of drug-likeness (QED) is 0.550. The van der Waals surface area contributed by atoms with Gasteiger partial charge >= 0.3 is 0 Å². The van der Waals surface area contributed by atoms with E-state index in [4.69, 9.17) is 4.74 Å². The number of Topliss-reactive ketones (excluding diaryl/α,β-unsaturated/α-hetero) is 2. The number of ketones is 2. The van der Waals surface area contributed by atoms with Crippen molar-refractivity contribution in [1.29, 1.82) is 0 Å². The van der Waals surface area contributed by atoms with Gasteiger partial charge in [0.1, 0.15) is 11.6 Å². The third-order valence-corrected chi connectivity index (χ3v) is 5.26. The molecule has 1 aliphatic carbocycles. The molecular formula is C20H32O3.